The Morgan fingerprint density at radius 1 is 1.20 bits per heavy atom. The minimum absolute atomic E-state index is 0.108. The molecule has 0 aliphatic carbocycles. The molecule has 0 spiro atoms. The number of nitrogens with zero attached hydrogens (tertiary/aromatic N) is 4. The van der Waals surface area contributed by atoms with E-state index in [2.05, 4.69) is 10.2 Å². The first-order valence-electron chi connectivity index (χ1n) is 8.76. The van der Waals surface area contributed by atoms with Crippen molar-refractivity contribution in [3.8, 4) is 11.5 Å². The summed E-state index contributed by atoms with van der Waals surface area (Å²) in [6.45, 7) is 0.303. The minimum Gasteiger partial charge on any atom is -0.493 e. The molecule has 13 heteroatoms. The van der Waals surface area contributed by atoms with Crippen LogP contribution < -0.4 is 9.47 Å². The predicted octanol–water partition coefficient (Wildman–Crippen LogP) is 3.03. The third-order valence-corrected chi connectivity index (χ3v) is 4.74. The molecule has 1 aromatic carbocycles. The number of piperidine rings is 1. The maximum atomic E-state index is 12.9. The van der Waals surface area contributed by atoms with Crippen LogP contribution >= 0.6 is 0 Å². The smallest absolute Gasteiger partial charge is 0.470 e. The normalized spacial score (nSPS) is 15.2. The monoisotopic (exact) mass is 430 g/mol. The lowest BCUT2D eigenvalue weighted by molar-refractivity contribution is -0.385. The third-order valence-electron chi connectivity index (χ3n) is 4.74. The molecule has 0 bridgehead atoms. The van der Waals surface area contributed by atoms with Crippen molar-refractivity contribution in [2.45, 2.75) is 24.9 Å². The highest BCUT2D eigenvalue weighted by Crippen LogP contribution is 2.37. The lowest BCUT2D eigenvalue weighted by Gasteiger charge is -2.30. The fourth-order valence-electron chi connectivity index (χ4n) is 3.20. The van der Waals surface area contributed by atoms with Gasteiger partial charge in [-0.15, -0.1) is 10.2 Å². The molecule has 0 unspecified atom stereocenters. The molecule has 2 heterocycles. The second-order valence-electron chi connectivity index (χ2n) is 6.49. The van der Waals surface area contributed by atoms with Crippen LogP contribution in [0.2, 0.25) is 0 Å². The molecule has 0 atom stereocenters. The topological polar surface area (TPSA) is 121 Å². The highest BCUT2D eigenvalue weighted by molar-refractivity contribution is 5.99. The molecule has 1 amide bonds. The summed E-state index contributed by atoms with van der Waals surface area (Å²) in [6, 6.07) is 2.34. The zero-order valence-corrected chi connectivity index (χ0v) is 15.9. The minimum atomic E-state index is -4.73. The number of carbonyl (C=O) groups is 1. The van der Waals surface area contributed by atoms with Crippen molar-refractivity contribution in [2.75, 3.05) is 27.3 Å². The molecule has 3 rings (SSSR count). The maximum absolute atomic E-state index is 12.9. The Morgan fingerprint density at radius 2 is 1.80 bits per heavy atom. The van der Waals surface area contributed by atoms with Crippen LogP contribution in [-0.4, -0.2) is 53.2 Å². The number of carbonyl (C=O) groups excluding carboxylic acids is 1. The van der Waals surface area contributed by atoms with Crippen LogP contribution in [-0.2, 0) is 6.18 Å². The van der Waals surface area contributed by atoms with Crippen molar-refractivity contribution >= 4 is 11.6 Å². The number of ether oxygens (including phenoxy) is 2. The number of aromatic nitrogens is 2. The number of halogens is 3. The molecular formula is C17H17F3N4O6. The average molecular weight is 430 g/mol. The molecule has 0 radical (unpaired) electrons. The van der Waals surface area contributed by atoms with Gasteiger partial charge in [-0.2, -0.15) is 13.2 Å². The number of amides is 1. The van der Waals surface area contributed by atoms with Crippen LogP contribution in [0.5, 0.6) is 11.5 Å². The number of alkyl halides is 3. The summed E-state index contributed by atoms with van der Waals surface area (Å²) in [5.74, 6) is -2.34. The Hall–Kier alpha value is -3.38. The number of likely N-dealkylation sites (tertiary alicyclic amines) is 1. The van der Waals surface area contributed by atoms with Crippen LogP contribution in [0.1, 0.15) is 40.9 Å². The number of methoxy groups -OCH3 is 2. The first-order chi connectivity index (χ1) is 14.2. The van der Waals surface area contributed by atoms with Gasteiger partial charge in [0.15, 0.2) is 11.5 Å². The summed E-state index contributed by atoms with van der Waals surface area (Å²) in [5.41, 5.74) is -0.611. The van der Waals surface area contributed by atoms with Crippen molar-refractivity contribution in [2.24, 2.45) is 0 Å². The average Bonchev–Trinajstić information content (AvgIpc) is 3.23. The van der Waals surface area contributed by atoms with Gasteiger partial charge in [0.05, 0.1) is 25.2 Å². The first-order valence-corrected chi connectivity index (χ1v) is 8.76. The van der Waals surface area contributed by atoms with Crippen molar-refractivity contribution in [3.05, 3.63) is 39.6 Å². The van der Waals surface area contributed by atoms with E-state index in [1.807, 2.05) is 0 Å². The Morgan fingerprint density at radius 3 is 2.30 bits per heavy atom. The van der Waals surface area contributed by atoms with E-state index in [1.54, 1.807) is 0 Å². The number of hydrogen-bond donors (Lipinski definition) is 0. The van der Waals surface area contributed by atoms with Gasteiger partial charge in [0.25, 0.3) is 11.6 Å². The van der Waals surface area contributed by atoms with Gasteiger partial charge in [0.1, 0.15) is 5.56 Å². The van der Waals surface area contributed by atoms with Crippen LogP contribution in [0.3, 0.4) is 0 Å². The Kier molecular flexibility index (Phi) is 5.80. The van der Waals surface area contributed by atoms with Crippen LogP contribution in [0.15, 0.2) is 16.5 Å². The van der Waals surface area contributed by atoms with Gasteiger partial charge in [-0.3, -0.25) is 14.9 Å². The second-order valence-corrected chi connectivity index (χ2v) is 6.49. The molecular weight excluding hydrogens is 413 g/mol. The maximum Gasteiger partial charge on any atom is 0.470 e. The zero-order valence-electron chi connectivity index (χ0n) is 15.9. The molecule has 2 aromatic rings. The van der Waals surface area contributed by atoms with Crippen LogP contribution in [0.4, 0.5) is 18.9 Å². The van der Waals surface area contributed by atoms with E-state index in [-0.39, 0.29) is 48.9 Å². The second kappa shape index (κ2) is 8.16. The molecule has 1 aliphatic rings. The van der Waals surface area contributed by atoms with Gasteiger partial charge in [-0.25, -0.2) is 0 Å². The quantitative estimate of drug-likeness (QED) is 0.524. The Bertz CT molecular complexity index is 953. The van der Waals surface area contributed by atoms with Gasteiger partial charge in [0, 0.05) is 25.1 Å². The van der Waals surface area contributed by atoms with Crippen molar-refractivity contribution in [1.82, 2.24) is 15.1 Å². The van der Waals surface area contributed by atoms with Crippen molar-refractivity contribution in [3.63, 3.8) is 0 Å². The molecule has 10 nitrogen and oxygen atoms in total. The van der Waals surface area contributed by atoms with Crippen molar-refractivity contribution in [1.29, 1.82) is 0 Å². The summed E-state index contributed by atoms with van der Waals surface area (Å²) in [6.07, 6.45) is -4.19. The number of nitro benzene ring substituents is 1. The van der Waals surface area contributed by atoms with E-state index < -0.39 is 34.5 Å². The van der Waals surface area contributed by atoms with Crippen LogP contribution in [0.25, 0.3) is 0 Å². The van der Waals surface area contributed by atoms with E-state index >= 15 is 0 Å². The number of benzene rings is 1. The highest BCUT2D eigenvalue weighted by Gasteiger charge is 2.39. The number of hydrogen-bond acceptors (Lipinski definition) is 8. The summed E-state index contributed by atoms with van der Waals surface area (Å²) >= 11 is 0. The van der Waals surface area contributed by atoms with Gasteiger partial charge in [-0.1, -0.05) is 0 Å². The van der Waals surface area contributed by atoms with E-state index in [0.717, 1.165) is 6.07 Å². The number of nitro groups is 1. The fraction of sp³-hybridized carbons (Fsp3) is 0.471. The Balaban J connectivity index is 1.77. The molecule has 30 heavy (non-hydrogen) atoms. The van der Waals surface area contributed by atoms with Gasteiger partial charge < -0.3 is 18.8 Å². The molecule has 1 fully saturated rings. The summed E-state index contributed by atoms with van der Waals surface area (Å²) < 4.78 is 52.7. The lowest BCUT2D eigenvalue weighted by atomic mass is 9.96. The zero-order chi connectivity index (χ0) is 22.1. The molecule has 0 N–H and O–H groups in total. The predicted molar refractivity (Wildman–Crippen MR) is 93.4 cm³/mol. The largest absolute Gasteiger partial charge is 0.493 e. The molecule has 0 saturated carbocycles. The molecule has 1 aliphatic heterocycles. The third kappa shape index (κ3) is 4.14. The Labute approximate surface area is 167 Å². The van der Waals surface area contributed by atoms with E-state index in [0.29, 0.717) is 0 Å². The SMILES string of the molecule is COc1cc(C(=O)N2CCC(c3nnc(C(F)(F)F)o3)CC2)c([N+](=O)[O-])cc1OC. The van der Waals surface area contributed by atoms with E-state index in [4.69, 9.17) is 13.9 Å². The highest BCUT2D eigenvalue weighted by atomic mass is 19.4. The molecule has 162 valence electrons. The standard InChI is InChI=1S/C17H17F3N4O6/c1-28-12-7-10(11(24(26)27)8-13(12)29-2)15(25)23-5-3-9(4-6-23)14-21-22-16(30-14)17(18,19)20/h7-9H,3-6H2,1-2H3. The van der Waals surface area contributed by atoms with E-state index in [9.17, 15) is 28.1 Å². The summed E-state index contributed by atoms with van der Waals surface area (Å²) in [4.78, 5) is 25.0. The first kappa shape index (κ1) is 21.3. The fourth-order valence-corrected chi connectivity index (χ4v) is 3.20. The van der Waals surface area contributed by atoms with Gasteiger partial charge >= 0.3 is 12.1 Å². The van der Waals surface area contributed by atoms with E-state index in [1.165, 1.54) is 25.2 Å². The summed E-state index contributed by atoms with van der Waals surface area (Å²) in [7, 11) is 2.65. The lowest BCUT2D eigenvalue weighted by Crippen LogP contribution is -2.38. The van der Waals surface area contributed by atoms with Gasteiger partial charge in [0.2, 0.25) is 5.89 Å². The molecule has 1 saturated heterocycles. The van der Waals surface area contributed by atoms with Crippen molar-refractivity contribution < 1.29 is 36.8 Å². The van der Waals surface area contributed by atoms with Crippen LogP contribution in [0, 0.1) is 10.1 Å². The van der Waals surface area contributed by atoms with Gasteiger partial charge in [-0.05, 0) is 12.8 Å². The summed E-state index contributed by atoms with van der Waals surface area (Å²) in [5, 5.41) is 17.9. The number of rotatable bonds is 5. The molecule has 1 aromatic heterocycles.